The number of methoxy groups -OCH3 is 1. The zero-order chi connectivity index (χ0) is 14.9. The standard InChI is InChI=1S/C16H25N3O/c1-16(2,3)15(20-5)11(17)10-14-18-12-8-6-7-9-13(12)19(14)4/h6-9,11,15H,10,17H2,1-5H3. The lowest BCUT2D eigenvalue weighted by Crippen LogP contribution is -2.46. The highest BCUT2D eigenvalue weighted by Crippen LogP contribution is 2.25. The lowest BCUT2D eigenvalue weighted by Gasteiger charge is -2.33. The minimum absolute atomic E-state index is 0.00214. The molecule has 0 aliphatic carbocycles. The highest BCUT2D eigenvalue weighted by Gasteiger charge is 2.31. The van der Waals surface area contributed by atoms with Gasteiger partial charge in [-0.15, -0.1) is 0 Å². The van der Waals surface area contributed by atoms with Gasteiger partial charge in [-0.25, -0.2) is 4.98 Å². The minimum Gasteiger partial charge on any atom is -0.379 e. The Morgan fingerprint density at radius 1 is 1.30 bits per heavy atom. The number of hydrogen-bond acceptors (Lipinski definition) is 3. The number of fused-ring (bicyclic) bond motifs is 1. The third-order valence-corrected chi connectivity index (χ3v) is 3.79. The van der Waals surface area contributed by atoms with Crippen LogP contribution in [0.2, 0.25) is 0 Å². The van der Waals surface area contributed by atoms with Crippen LogP contribution in [-0.2, 0) is 18.2 Å². The van der Waals surface area contributed by atoms with Crippen LogP contribution in [0.4, 0.5) is 0 Å². The van der Waals surface area contributed by atoms with Crippen molar-refractivity contribution < 1.29 is 4.74 Å². The molecule has 2 atom stereocenters. The van der Waals surface area contributed by atoms with E-state index in [2.05, 4.69) is 36.4 Å². The van der Waals surface area contributed by atoms with Crippen molar-refractivity contribution in [2.75, 3.05) is 7.11 Å². The van der Waals surface area contributed by atoms with Crippen LogP contribution in [0.25, 0.3) is 11.0 Å². The molecule has 2 N–H and O–H groups in total. The predicted octanol–water partition coefficient (Wildman–Crippen LogP) is 2.50. The van der Waals surface area contributed by atoms with Crippen LogP contribution in [-0.4, -0.2) is 28.8 Å². The number of rotatable bonds is 4. The van der Waals surface area contributed by atoms with Crippen LogP contribution in [0, 0.1) is 5.41 Å². The van der Waals surface area contributed by atoms with Crippen LogP contribution in [0.15, 0.2) is 24.3 Å². The molecule has 2 unspecified atom stereocenters. The van der Waals surface area contributed by atoms with Gasteiger partial charge in [0.15, 0.2) is 0 Å². The fraction of sp³-hybridized carbons (Fsp3) is 0.562. The molecule has 2 rings (SSSR count). The maximum Gasteiger partial charge on any atom is 0.111 e. The van der Waals surface area contributed by atoms with Crippen molar-refractivity contribution in [1.82, 2.24) is 9.55 Å². The van der Waals surface area contributed by atoms with E-state index >= 15 is 0 Å². The van der Waals surface area contributed by atoms with Crippen molar-refractivity contribution >= 4 is 11.0 Å². The summed E-state index contributed by atoms with van der Waals surface area (Å²) in [4.78, 5) is 4.68. The molecule has 0 aliphatic rings. The van der Waals surface area contributed by atoms with Crippen molar-refractivity contribution in [3.05, 3.63) is 30.1 Å². The molecule has 110 valence electrons. The molecule has 0 saturated carbocycles. The molecule has 0 amide bonds. The average Bonchev–Trinajstić information content (AvgIpc) is 2.66. The molecule has 2 aromatic rings. The molecule has 20 heavy (non-hydrogen) atoms. The van der Waals surface area contributed by atoms with Crippen molar-refractivity contribution in [3.8, 4) is 0 Å². The third-order valence-electron chi connectivity index (χ3n) is 3.79. The fourth-order valence-corrected chi connectivity index (χ4v) is 2.87. The van der Waals surface area contributed by atoms with Gasteiger partial charge in [0.2, 0.25) is 0 Å². The second-order valence-corrected chi connectivity index (χ2v) is 6.47. The Hall–Kier alpha value is -1.39. The number of benzene rings is 1. The summed E-state index contributed by atoms with van der Waals surface area (Å²) < 4.78 is 7.72. The summed E-state index contributed by atoms with van der Waals surface area (Å²) in [5.74, 6) is 1.00. The third kappa shape index (κ3) is 2.86. The number of hydrogen-bond donors (Lipinski definition) is 1. The summed E-state index contributed by atoms with van der Waals surface area (Å²) in [7, 11) is 3.76. The molecule has 1 heterocycles. The van der Waals surface area contributed by atoms with E-state index < -0.39 is 0 Å². The molecule has 0 fully saturated rings. The smallest absolute Gasteiger partial charge is 0.111 e. The van der Waals surface area contributed by atoms with Crippen molar-refractivity contribution in [3.63, 3.8) is 0 Å². The van der Waals surface area contributed by atoms with Crippen LogP contribution < -0.4 is 5.73 Å². The van der Waals surface area contributed by atoms with Crippen molar-refractivity contribution in [1.29, 1.82) is 0 Å². The van der Waals surface area contributed by atoms with E-state index in [-0.39, 0.29) is 17.6 Å². The first kappa shape index (κ1) is 15.0. The molecular formula is C16H25N3O. The Labute approximate surface area is 120 Å². The largest absolute Gasteiger partial charge is 0.379 e. The summed E-state index contributed by atoms with van der Waals surface area (Å²) in [6.07, 6.45) is 0.711. The van der Waals surface area contributed by atoms with E-state index in [9.17, 15) is 0 Å². The number of ether oxygens (including phenoxy) is 1. The van der Waals surface area contributed by atoms with Crippen LogP contribution in [0.5, 0.6) is 0 Å². The molecule has 4 nitrogen and oxygen atoms in total. The maximum absolute atomic E-state index is 6.36. The summed E-state index contributed by atoms with van der Waals surface area (Å²) in [6, 6.07) is 8.07. The molecule has 0 radical (unpaired) electrons. The zero-order valence-electron chi connectivity index (χ0n) is 13.1. The predicted molar refractivity (Wildman–Crippen MR) is 82.6 cm³/mol. The second kappa shape index (κ2) is 5.54. The topological polar surface area (TPSA) is 53.1 Å². The monoisotopic (exact) mass is 275 g/mol. The number of nitrogens with two attached hydrogens (primary N) is 1. The van der Waals surface area contributed by atoms with E-state index in [0.717, 1.165) is 16.9 Å². The second-order valence-electron chi connectivity index (χ2n) is 6.47. The van der Waals surface area contributed by atoms with Crippen molar-refractivity contribution in [2.45, 2.75) is 39.3 Å². The van der Waals surface area contributed by atoms with Gasteiger partial charge in [0.1, 0.15) is 5.82 Å². The van der Waals surface area contributed by atoms with Gasteiger partial charge in [-0.1, -0.05) is 32.9 Å². The van der Waals surface area contributed by atoms with Crippen LogP contribution in [0.3, 0.4) is 0 Å². The van der Waals surface area contributed by atoms with Gasteiger partial charge in [-0.2, -0.15) is 0 Å². The normalized spacial score (nSPS) is 15.5. The van der Waals surface area contributed by atoms with Gasteiger partial charge in [0.25, 0.3) is 0 Å². The highest BCUT2D eigenvalue weighted by molar-refractivity contribution is 5.75. The lowest BCUT2D eigenvalue weighted by atomic mass is 9.83. The molecule has 0 saturated heterocycles. The van der Waals surface area contributed by atoms with Gasteiger partial charge in [-0.3, -0.25) is 0 Å². The summed E-state index contributed by atoms with van der Waals surface area (Å²) in [5.41, 5.74) is 8.53. The first-order valence-electron chi connectivity index (χ1n) is 7.03. The van der Waals surface area contributed by atoms with E-state index in [1.54, 1.807) is 7.11 Å². The van der Waals surface area contributed by atoms with E-state index in [1.165, 1.54) is 0 Å². The average molecular weight is 275 g/mol. The maximum atomic E-state index is 6.36. The first-order chi connectivity index (χ1) is 9.34. The number of aryl methyl sites for hydroxylation is 1. The summed E-state index contributed by atoms with van der Waals surface area (Å²) >= 11 is 0. The summed E-state index contributed by atoms with van der Waals surface area (Å²) in [6.45, 7) is 6.45. The van der Waals surface area contributed by atoms with E-state index in [1.807, 2.05) is 25.2 Å². The molecule has 1 aromatic carbocycles. The lowest BCUT2D eigenvalue weighted by molar-refractivity contribution is -0.00214. The number of imidazole rings is 1. The van der Waals surface area contributed by atoms with E-state index in [0.29, 0.717) is 6.42 Å². The fourth-order valence-electron chi connectivity index (χ4n) is 2.87. The Morgan fingerprint density at radius 3 is 2.50 bits per heavy atom. The Kier molecular flexibility index (Phi) is 4.16. The molecule has 0 bridgehead atoms. The Balaban J connectivity index is 2.25. The van der Waals surface area contributed by atoms with Gasteiger partial charge >= 0.3 is 0 Å². The minimum atomic E-state index is -0.0736. The number of para-hydroxylation sites is 2. The van der Waals surface area contributed by atoms with Gasteiger partial charge in [0, 0.05) is 26.6 Å². The number of nitrogens with zero attached hydrogens (tertiary/aromatic N) is 2. The zero-order valence-corrected chi connectivity index (χ0v) is 13.1. The van der Waals surface area contributed by atoms with E-state index in [4.69, 9.17) is 10.5 Å². The first-order valence-corrected chi connectivity index (χ1v) is 7.03. The molecule has 1 aromatic heterocycles. The Morgan fingerprint density at radius 2 is 1.95 bits per heavy atom. The summed E-state index contributed by atoms with van der Waals surface area (Å²) in [5, 5.41) is 0. The van der Waals surface area contributed by atoms with Gasteiger partial charge in [-0.05, 0) is 17.5 Å². The molecule has 0 spiro atoms. The quantitative estimate of drug-likeness (QED) is 0.932. The molecular weight excluding hydrogens is 250 g/mol. The highest BCUT2D eigenvalue weighted by atomic mass is 16.5. The molecule has 0 aliphatic heterocycles. The van der Waals surface area contributed by atoms with Crippen molar-refractivity contribution in [2.24, 2.45) is 18.2 Å². The molecule has 4 heteroatoms. The van der Waals surface area contributed by atoms with Crippen LogP contribution in [0.1, 0.15) is 26.6 Å². The van der Waals surface area contributed by atoms with Gasteiger partial charge in [0.05, 0.1) is 17.1 Å². The van der Waals surface area contributed by atoms with Crippen LogP contribution >= 0.6 is 0 Å². The van der Waals surface area contributed by atoms with Gasteiger partial charge < -0.3 is 15.0 Å². The SMILES string of the molecule is COC(C(N)Cc1nc2ccccc2n1C)C(C)(C)C. The Bertz CT molecular complexity index is 583. The number of aromatic nitrogens is 2.